The van der Waals surface area contributed by atoms with Gasteiger partial charge in [-0.25, -0.2) is 0 Å². The third-order valence-electron chi connectivity index (χ3n) is 14.0. The van der Waals surface area contributed by atoms with Crippen LogP contribution in [0, 0.1) is 11.8 Å². The summed E-state index contributed by atoms with van der Waals surface area (Å²) in [6.45, 7) is 2.44. The summed E-state index contributed by atoms with van der Waals surface area (Å²) >= 11 is 0. The SMILES string of the molecule is CCC1(c2ccc(N(c3ccccc3)c3ccc(-c4cccc(N(c5ccccc5)c5ccc(-c6ccccc6OC)cc5)c4)cc3)c(-c3ccccc3)c2)CC2CCCC(C2)C1. The zero-order valence-corrected chi connectivity index (χ0v) is 36.5. The van der Waals surface area contributed by atoms with Gasteiger partial charge in [0.15, 0.2) is 0 Å². The largest absolute Gasteiger partial charge is 0.496 e. The molecule has 0 aliphatic heterocycles. The molecule has 2 saturated carbocycles. The number of fused-ring (bicyclic) bond motifs is 2. The molecule has 0 heterocycles. The molecule has 2 aliphatic carbocycles. The Morgan fingerprint density at radius 2 is 0.984 bits per heavy atom. The molecule has 63 heavy (non-hydrogen) atoms. The van der Waals surface area contributed by atoms with Crippen LogP contribution in [0.15, 0.2) is 206 Å². The van der Waals surface area contributed by atoms with Gasteiger partial charge in [0.2, 0.25) is 0 Å². The topological polar surface area (TPSA) is 15.7 Å². The molecule has 0 aromatic heterocycles. The van der Waals surface area contributed by atoms with Crippen molar-refractivity contribution in [2.45, 2.75) is 57.3 Å². The Balaban J connectivity index is 1.02. The summed E-state index contributed by atoms with van der Waals surface area (Å²) in [7, 11) is 1.73. The van der Waals surface area contributed by atoms with Crippen molar-refractivity contribution in [1.29, 1.82) is 0 Å². The minimum Gasteiger partial charge on any atom is -0.496 e. The van der Waals surface area contributed by atoms with Crippen LogP contribution in [-0.2, 0) is 5.41 Å². The summed E-state index contributed by atoms with van der Waals surface area (Å²) in [5, 5.41) is 0. The van der Waals surface area contributed by atoms with Crippen LogP contribution < -0.4 is 14.5 Å². The van der Waals surface area contributed by atoms with Crippen LogP contribution in [-0.4, -0.2) is 7.11 Å². The van der Waals surface area contributed by atoms with Crippen molar-refractivity contribution < 1.29 is 4.74 Å². The first-order valence-electron chi connectivity index (χ1n) is 22.9. The molecule has 0 spiro atoms. The van der Waals surface area contributed by atoms with Gasteiger partial charge in [-0.1, -0.05) is 154 Å². The summed E-state index contributed by atoms with van der Waals surface area (Å²) in [6.07, 6.45) is 9.46. The molecule has 8 aromatic rings. The molecular weight excluding hydrogens is 765 g/mol. The van der Waals surface area contributed by atoms with Crippen molar-refractivity contribution >= 4 is 34.1 Å². The fourth-order valence-corrected chi connectivity index (χ4v) is 10.9. The smallest absolute Gasteiger partial charge is 0.126 e. The van der Waals surface area contributed by atoms with Gasteiger partial charge in [-0.3, -0.25) is 0 Å². The lowest BCUT2D eigenvalue weighted by Gasteiger charge is -2.48. The molecule has 2 fully saturated rings. The zero-order chi connectivity index (χ0) is 42.6. The van der Waals surface area contributed by atoms with Crippen molar-refractivity contribution in [3.63, 3.8) is 0 Å². The van der Waals surface area contributed by atoms with Crippen LogP contribution in [0.25, 0.3) is 33.4 Å². The van der Waals surface area contributed by atoms with E-state index < -0.39 is 0 Å². The third-order valence-corrected chi connectivity index (χ3v) is 14.0. The van der Waals surface area contributed by atoms with Crippen LogP contribution in [0.3, 0.4) is 0 Å². The lowest BCUT2D eigenvalue weighted by atomic mass is 9.57. The lowest BCUT2D eigenvalue weighted by molar-refractivity contribution is 0.106. The highest BCUT2D eigenvalue weighted by molar-refractivity contribution is 5.89. The number of benzene rings is 8. The highest BCUT2D eigenvalue weighted by atomic mass is 16.5. The van der Waals surface area contributed by atoms with E-state index in [9.17, 15) is 0 Å². The summed E-state index contributed by atoms with van der Waals surface area (Å²) < 4.78 is 5.69. The Morgan fingerprint density at radius 3 is 1.63 bits per heavy atom. The highest BCUT2D eigenvalue weighted by Gasteiger charge is 2.42. The predicted octanol–water partition coefficient (Wildman–Crippen LogP) is 16.9. The summed E-state index contributed by atoms with van der Waals surface area (Å²) in [5.41, 5.74) is 15.6. The Bertz CT molecular complexity index is 2750. The molecule has 2 unspecified atom stereocenters. The second-order valence-electron chi connectivity index (χ2n) is 17.7. The molecule has 8 aromatic carbocycles. The second kappa shape index (κ2) is 17.9. The van der Waals surface area contributed by atoms with Crippen LogP contribution in [0.1, 0.15) is 57.4 Å². The standard InChI is InChI=1S/C60H56N2O/c1-3-60(42-44-17-15-18-45(39-44)43-60)50-33-38-58(57(41-50)47-19-7-4-8-20-47)62(52-24-11-6-12-25-52)54-34-29-46(30-35-54)49-21-16-26-55(40-49)61(51-22-9-5-10-23-51)53-36-31-48(32-37-53)56-27-13-14-28-59(56)63-2/h4-14,16,19-38,40-41,44-45H,3,15,17-18,39,42-43H2,1-2H3. The van der Waals surface area contributed by atoms with Crippen LogP contribution >= 0.6 is 0 Å². The Morgan fingerprint density at radius 1 is 0.460 bits per heavy atom. The second-order valence-corrected chi connectivity index (χ2v) is 17.7. The molecule has 2 aliphatic rings. The fourth-order valence-electron chi connectivity index (χ4n) is 10.9. The molecule has 3 nitrogen and oxygen atoms in total. The molecule has 0 radical (unpaired) electrons. The van der Waals surface area contributed by atoms with Gasteiger partial charge < -0.3 is 14.5 Å². The number of hydrogen-bond acceptors (Lipinski definition) is 3. The average molecular weight is 821 g/mol. The van der Waals surface area contributed by atoms with Gasteiger partial charge in [-0.05, 0) is 150 Å². The van der Waals surface area contributed by atoms with E-state index in [-0.39, 0.29) is 5.41 Å². The van der Waals surface area contributed by atoms with Crippen molar-refractivity contribution in [3.05, 3.63) is 212 Å². The maximum absolute atomic E-state index is 5.69. The number of nitrogens with zero attached hydrogens (tertiary/aromatic N) is 2. The molecule has 0 saturated heterocycles. The van der Waals surface area contributed by atoms with Crippen molar-refractivity contribution in [3.8, 4) is 39.1 Å². The molecule has 312 valence electrons. The van der Waals surface area contributed by atoms with E-state index in [0.29, 0.717) is 0 Å². The maximum Gasteiger partial charge on any atom is 0.126 e. The minimum atomic E-state index is 0.236. The van der Waals surface area contributed by atoms with E-state index in [1.54, 1.807) is 7.11 Å². The Labute approximate surface area is 374 Å². The van der Waals surface area contributed by atoms with Gasteiger partial charge in [0.1, 0.15) is 5.75 Å². The number of anilines is 6. The molecule has 2 bridgehead atoms. The average Bonchev–Trinajstić information content (AvgIpc) is 3.35. The van der Waals surface area contributed by atoms with Gasteiger partial charge in [0.05, 0.1) is 12.8 Å². The van der Waals surface area contributed by atoms with Gasteiger partial charge >= 0.3 is 0 Å². The zero-order valence-electron chi connectivity index (χ0n) is 36.5. The molecular formula is C60H56N2O. The first kappa shape index (κ1) is 40.2. The van der Waals surface area contributed by atoms with E-state index in [4.69, 9.17) is 4.74 Å². The number of methoxy groups -OCH3 is 1. The number of hydrogen-bond donors (Lipinski definition) is 0. The quantitative estimate of drug-likeness (QED) is 0.122. The van der Waals surface area contributed by atoms with E-state index in [1.165, 1.54) is 72.9 Å². The van der Waals surface area contributed by atoms with Crippen LogP contribution in [0.2, 0.25) is 0 Å². The molecule has 2 atom stereocenters. The van der Waals surface area contributed by atoms with Gasteiger partial charge in [-0.15, -0.1) is 0 Å². The molecule has 0 amide bonds. The number of ether oxygens (including phenoxy) is 1. The minimum absolute atomic E-state index is 0.236. The van der Waals surface area contributed by atoms with Crippen molar-refractivity contribution in [1.82, 2.24) is 0 Å². The maximum atomic E-state index is 5.69. The third kappa shape index (κ3) is 8.17. The van der Waals surface area contributed by atoms with Crippen molar-refractivity contribution in [2.24, 2.45) is 11.8 Å². The normalized spacial score (nSPS) is 18.1. The number of rotatable bonds is 12. The predicted molar refractivity (Wildman–Crippen MR) is 265 cm³/mol. The van der Waals surface area contributed by atoms with Crippen molar-refractivity contribution in [2.75, 3.05) is 16.9 Å². The van der Waals surface area contributed by atoms with Gasteiger partial charge in [0, 0.05) is 39.6 Å². The monoisotopic (exact) mass is 820 g/mol. The first-order valence-corrected chi connectivity index (χ1v) is 22.9. The van der Waals surface area contributed by atoms with E-state index >= 15 is 0 Å². The Kier molecular flexibility index (Phi) is 11.4. The number of para-hydroxylation sites is 3. The lowest BCUT2D eigenvalue weighted by Crippen LogP contribution is -2.38. The van der Waals surface area contributed by atoms with Crippen LogP contribution in [0.4, 0.5) is 34.1 Å². The van der Waals surface area contributed by atoms with Crippen LogP contribution in [0.5, 0.6) is 5.75 Å². The summed E-state index contributed by atoms with van der Waals surface area (Å²) in [4.78, 5) is 4.78. The van der Waals surface area contributed by atoms with E-state index in [1.807, 2.05) is 12.1 Å². The fraction of sp³-hybridized carbons (Fsp3) is 0.200. The highest BCUT2D eigenvalue weighted by Crippen LogP contribution is 2.53. The molecule has 0 N–H and O–H groups in total. The molecule has 10 rings (SSSR count). The molecule has 3 heteroatoms. The van der Waals surface area contributed by atoms with E-state index in [0.717, 1.165) is 62.7 Å². The van der Waals surface area contributed by atoms with Gasteiger partial charge in [-0.2, -0.15) is 0 Å². The van der Waals surface area contributed by atoms with E-state index in [2.05, 4.69) is 211 Å². The van der Waals surface area contributed by atoms with Gasteiger partial charge in [0.25, 0.3) is 0 Å². The summed E-state index contributed by atoms with van der Waals surface area (Å²) in [5.74, 6) is 2.58. The first-order chi connectivity index (χ1) is 31.1. The summed E-state index contributed by atoms with van der Waals surface area (Å²) in [6, 6.07) is 75.0. The Hall–Kier alpha value is -6.84.